The number of carbonyl (C=O) groups excluding carboxylic acids is 2. The zero-order valence-corrected chi connectivity index (χ0v) is 16.8. The lowest BCUT2D eigenvalue weighted by atomic mass is 9.70. The monoisotopic (exact) mass is 388 g/mol. The van der Waals surface area contributed by atoms with E-state index in [4.69, 9.17) is 0 Å². The molecule has 5 rings (SSSR count). The Hall–Kier alpha value is -2.62. The molecule has 0 radical (unpaired) electrons. The van der Waals surface area contributed by atoms with Gasteiger partial charge in [-0.05, 0) is 49.4 Å². The van der Waals surface area contributed by atoms with Gasteiger partial charge in [0.25, 0.3) is 5.91 Å². The molecule has 0 aromatic heterocycles. The van der Waals surface area contributed by atoms with Crippen LogP contribution in [0.1, 0.15) is 73.2 Å². The van der Waals surface area contributed by atoms with Gasteiger partial charge in [0.05, 0.1) is 11.5 Å². The summed E-state index contributed by atoms with van der Waals surface area (Å²) in [4.78, 5) is 29.6. The lowest BCUT2D eigenvalue weighted by Crippen LogP contribution is -2.62. The van der Waals surface area contributed by atoms with Crippen LogP contribution in [0.5, 0.6) is 0 Å². The lowest BCUT2D eigenvalue weighted by molar-refractivity contribution is -0.121. The second kappa shape index (κ2) is 7.33. The predicted octanol–water partition coefficient (Wildman–Crippen LogP) is 5.12. The molecule has 0 bridgehead atoms. The van der Waals surface area contributed by atoms with Gasteiger partial charge < -0.3 is 10.2 Å². The van der Waals surface area contributed by atoms with Crippen molar-refractivity contribution < 1.29 is 9.59 Å². The fourth-order valence-electron chi connectivity index (χ4n) is 6.03. The summed E-state index contributed by atoms with van der Waals surface area (Å²) in [5.74, 6) is -0.168. The van der Waals surface area contributed by atoms with E-state index < -0.39 is 0 Å². The van der Waals surface area contributed by atoms with Gasteiger partial charge in [-0.25, -0.2) is 0 Å². The molecule has 2 saturated carbocycles. The summed E-state index contributed by atoms with van der Waals surface area (Å²) < 4.78 is 0. The highest BCUT2D eigenvalue weighted by molar-refractivity contribution is 6.05. The van der Waals surface area contributed by atoms with Crippen LogP contribution in [0.25, 0.3) is 0 Å². The summed E-state index contributed by atoms with van der Waals surface area (Å²) in [6.45, 7) is 0. The number of nitrogens with zero attached hydrogens (tertiary/aromatic N) is 1. The second-order valence-electron chi connectivity index (χ2n) is 8.80. The van der Waals surface area contributed by atoms with Crippen molar-refractivity contribution in [3.63, 3.8) is 0 Å². The van der Waals surface area contributed by atoms with Gasteiger partial charge in [0, 0.05) is 17.3 Å². The average Bonchev–Trinajstić information content (AvgIpc) is 3.42. The first-order chi connectivity index (χ1) is 14.2. The summed E-state index contributed by atoms with van der Waals surface area (Å²) in [7, 11) is 0. The number of amides is 2. The van der Waals surface area contributed by atoms with Crippen LogP contribution >= 0.6 is 0 Å². The van der Waals surface area contributed by atoms with E-state index in [1.54, 1.807) is 0 Å². The highest BCUT2D eigenvalue weighted by Gasteiger charge is 2.57. The maximum atomic E-state index is 13.7. The van der Waals surface area contributed by atoms with Gasteiger partial charge >= 0.3 is 0 Å². The van der Waals surface area contributed by atoms with Crippen molar-refractivity contribution in [2.45, 2.75) is 68.9 Å². The molecule has 1 heterocycles. The predicted molar refractivity (Wildman–Crippen MR) is 114 cm³/mol. The van der Waals surface area contributed by atoms with Crippen molar-refractivity contribution >= 4 is 17.5 Å². The quantitative estimate of drug-likeness (QED) is 0.793. The standard InChI is InChI=1S/C25H28N2O2/c28-23(26-18-10-2-1-3-11-18)22-20-14-6-7-15-21(20)24(29)27(19-12-4-5-13-19)25(22)16-8-9-17-25/h1-3,6-7,10-11,14-15,19,22H,4-5,8-9,12-13,16-17H2,(H,26,28)/t22-/m0/s1. The Balaban J connectivity index is 1.62. The minimum absolute atomic E-state index is 0.0149. The number of nitrogens with one attached hydrogen (secondary N) is 1. The zero-order chi connectivity index (χ0) is 19.8. The van der Waals surface area contributed by atoms with Crippen LogP contribution in [0.4, 0.5) is 5.69 Å². The molecule has 1 N–H and O–H groups in total. The molecule has 3 aliphatic rings. The first kappa shape index (κ1) is 18.4. The number of benzene rings is 2. The molecule has 0 saturated heterocycles. The number of carbonyl (C=O) groups is 2. The van der Waals surface area contributed by atoms with Crippen LogP contribution in [-0.2, 0) is 4.79 Å². The second-order valence-corrected chi connectivity index (χ2v) is 8.80. The Morgan fingerprint density at radius 3 is 2.28 bits per heavy atom. The molecule has 2 fully saturated rings. The number of para-hydroxylation sites is 1. The minimum Gasteiger partial charge on any atom is -0.329 e. The van der Waals surface area contributed by atoms with Crippen LogP contribution in [0.3, 0.4) is 0 Å². The van der Waals surface area contributed by atoms with Crippen molar-refractivity contribution in [1.82, 2.24) is 4.90 Å². The lowest BCUT2D eigenvalue weighted by Gasteiger charge is -2.52. The SMILES string of the molecule is O=C(Nc1ccccc1)[C@@H]1c2ccccc2C(=O)N(C2CCCC2)C12CCCC2. The number of fused-ring (bicyclic) bond motifs is 1. The number of rotatable bonds is 3. The molecular formula is C25H28N2O2. The van der Waals surface area contributed by atoms with Gasteiger partial charge in [-0.15, -0.1) is 0 Å². The highest BCUT2D eigenvalue weighted by atomic mass is 16.2. The summed E-state index contributed by atoms with van der Waals surface area (Å²) in [6.07, 6.45) is 8.44. The van der Waals surface area contributed by atoms with Crippen molar-refractivity contribution in [3.05, 3.63) is 65.7 Å². The van der Waals surface area contributed by atoms with E-state index in [2.05, 4.69) is 10.2 Å². The third kappa shape index (κ3) is 2.97. The third-order valence-corrected chi connectivity index (χ3v) is 7.20. The smallest absolute Gasteiger partial charge is 0.254 e. The Bertz CT molecular complexity index is 911. The molecule has 2 amide bonds. The van der Waals surface area contributed by atoms with Crippen LogP contribution < -0.4 is 5.32 Å². The number of hydrogen-bond donors (Lipinski definition) is 1. The van der Waals surface area contributed by atoms with Gasteiger partial charge in [-0.1, -0.05) is 62.1 Å². The van der Waals surface area contributed by atoms with Crippen LogP contribution in [0.15, 0.2) is 54.6 Å². The maximum Gasteiger partial charge on any atom is 0.254 e. The van der Waals surface area contributed by atoms with Gasteiger partial charge in [0.15, 0.2) is 0 Å². The summed E-state index contributed by atoms with van der Waals surface area (Å²) in [5, 5.41) is 3.15. The summed E-state index contributed by atoms with van der Waals surface area (Å²) >= 11 is 0. The third-order valence-electron chi connectivity index (χ3n) is 7.20. The van der Waals surface area contributed by atoms with Crippen molar-refractivity contribution in [2.24, 2.45) is 0 Å². The molecule has 1 aliphatic heterocycles. The molecule has 4 nitrogen and oxygen atoms in total. The molecule has 2 aromatic carbocycles. The average molecular weight is 389 g/mol. The molecule has 4 heteroatoms. The topological polar surface area (TPSA) is 49.4 Å². The molecular weight excluding hydrogens is 360 g/mol. The van der Waals surface area contributed by atoms with Crippen LogP contribution in [0, 0.1) is 0 Å². The first-order valence-electron chi connectivity index (χ1n) is 11.0. The Kier molecular flexibility index (Phi) is 4.65. The molecule has 29 heavy (non-hydrogen) atoms. The largest absolute Gasteiger partial charge is 0.329 e. The maximum absolute atomic E-state index is 13.7. The van der Waals surface area contributed by atoms with E-state index in [0.717, 1.165) is 49.8 Å². The van der Waals surface area contributed by atoms with Crippen molar-refractivity contribution in [1.29, 1.82) is 0 Å². The fourth-order valence-corrected chi connectivity index (χ4v) is 6.03. The van der Waals surface area contributed by atoms with E-state index >= 15 is 0 Å². The Morgan fingerprint density at radius 1 is 0.897 bits per heavy atom. The minimum atomic E-state index is -0.390. The van der Waals surface area contributed by atoms with E-state index in [1.165, 1.54) is 12.8 Å². The van der Waals surface area contributed by atoms with Crippen molar-refractivity contribution in [3.8, 4) is 0 Å². The Morgan fingerprint density at radius 2 is 1.55 bits per heavy atom. The van der Waals surface area contributed by atoms with Crippen molar-refractivity contribution in [2.75, 3.05) is 5.32 Å². The van der Waals surface area contributed by atoms with E-state index in [1.807, 2.05) is 54.6 Å². The van der Waals surface area contributed by atoms with Crippen LogP contribution in [0.2, 0.25) is 0 Å². The van der Waals surface area contributed by atoms with Crippen LogP contribution in [-0.4, -0.2) is 28.3 Å². The summed E-state index contributed by atoms with van der Waals surface area (Å²) in [6, 6.07) is 17.7. The first-order valence-corrected chi connectivity index (χ1v) is 11.0. The van der Waals surface area contributed by atoms with E-state index in [9.17, 15) is 9.59 Å². The number of hydrogen-bond acceptors (Lipinski definition) is 2. The highest BCUT2D eigenvalue weighted by Crippen LogP contribution is 2.52. The molecule has 1 spiro atoms. The molecule has 0 unspecified atom stereocenters. The number of anilines is 1. The normalized spacial score (nSPS) is 23.4. The summed E-state index contributed by atoms with van der Waals surface area (Å²) in [5.41, 5.74) is 2.04. The van der Waals surface area contributed by atoms with E-state index in [-0.39, 0.29) is 29.3 Å². The van der Waals surface area contributed by atoms with Gasteiger partial charge in [0.2, 0.25) is 5.91 Å². The zero-order valence-electron chi connectivity index (χ0n) is 16.8. The molecule has 150 valence electrons. The fraction of sp³-hybridized carbons (Fsp3) is 0.440. The molecule has 1 atom stereocenters. The molecule has 2 aliphatic carbocycles. The van der Waals surface area contributed by atoms with E-state index in [0.29, 0.717) is 5.56 Å². The van der Waals surface area contributed by atoms with Gasteiger partial charge in [-0.3, -0.25) is 9.59 Å². The Labute approximate surface area is 172 Å². The van der Waals surface area contributed by atoms with Gasteiger partial charge in [0.1, 0.15) is 0 Å². The van der Waals surface area contributed by atoms with Gasteiger partial charge in [-0.2, -0.15) is 0 Å². The molecule has 2 aromatic rings.